The largest absolute Gasteiger partial charge is 0.497 e. The van der Waals surface area contributed by atoms with Crippen LogP contribution in [0.1, 0.15) is 17.3 Å². The summed E-state index contributed by atoms with van der Waals surface area (Å²) in [5, 5.41) is 14.1. The van der Waals surface area contributed by atoms with Gasteiger partial charge in [-0.05, 0) is 43.3 Å². The zero-order valence-electron chi connectivity index (χ0n) is 15.7. The van der Waals surface area contributed by atoms with Crippen LogP contribution in [0.15, 0.2) is 54.7 Å². The molecule has 3 rings (SSSR count). The number of nitrogens with one attached hydrogen (secondary N) is 2. The minimum absolute atomic E-state index is 0.00466. The first-order chi connectivity index (χ1) is 13.6. The molecule has 144 valence electrons. The second kappa shape index (κ2) is 9.31. The summed E-state index contributed by atoms with van der Waals surface area (Å²) < 4.78 is 10.8. The van der Waals surface area contributed by atoms with E-state index in [1.165, 1.54) is 13.1 Å². The molecule has 1 aromatic heterocycles. The Morgan fingerprint density at radius 3 is 2.64 bits per heavy atom. The summed E-state index contributed by atoms with van der Waals surface area (Å²) >= 11 is 0. The fraction of sp³-hybridized carbons (Fsp3) is 0.200. The number of Topliss-reactive ketones (excluding diaryl/α,β-unsaturated/α-hetero) is 1. The first-order valence-electron chi connectivity index (χ1n) is 8.72. The zero-order chi connectivity index (χ0) is 19.8. The summed E-state index contributed by atoms with van der Waals surface area (Å²) in [6.45, 7) is 2.53. The lowest BCUT2D eigenvalue weighted by molar-refractivity contribution is 0.101. The molecule has 0 spiro atoms. The normalized spacial score (nSPS) is 10.2. The van der Waals surface area contributed by atoms with E-state index >= 15 is 0 Å². The first kappa shape index (κ1) is 19.1. The van der Waals surface area contributed by atoms with Crippen LogP contribution in [-0.4, -0.2) is 41.2 Å². The van der Waals surface area contributed by atoms with Crippen molar-refractivity contribution in [2.24, 2.45) is 0 Å². The molecule has 2 N–H and O–H groups in total. The minimum atomic E-state index is -0.00466. The topological polar surface area (TPSA) is 98.3 Å². The SMILES string of the molecule is COc1ccc(OCCNc2cnnc(Nc3cccc(C(C)=O)c3)n2)cc1. The molecule has 8 heteroatoms. The van der Waals surface area contributed by atoms with Crippen molar-refractivity contribution >= 4 is 23.2 Å². The first-order valence-corrected chi connectivity index (χ1v) is 8.72. The summed E-state index contributed by atoms with van der Waals surface area (Å²) in [7, 11) is 1.62. The summed E-state index contributed by atoms with van der Waals surface area (Å²) in [6.07, 6.45) is 1.53. The predicted molar refractivity (Wildman–Crippen MR) is 107 cm³/mol. The Kier molecular flexibility index (Phi) is 6.35. The van der Waals surface area contributed by atoms with Gasteiger partial charge in [0, 0.05) is 11.3 Å². The Morgan fingerprint density at radius 2 is 1.89 bits per heavy atom. The van der Waals surface area contributed by atoms with E-state index in [0.29, 0.717) is 30.5 Å². The Balaban J connectivity index is 1.51. The van der Waals surface area contributed by atoms with Crippen molar-refractivity contribution in [2.75, 3.05) is 30.9 Å². The Morgan fingerprint density at radius 1 is 1.11 bits per heavy atom. The average Bonchev–Trinajstić information content (AvgIpc) is 2.72. The van der Waals surface area contributed by atoms with Crippen molar-refractivity contribution in [3.8, 4) is 11.5 Å². The Labute approximate surface area is 162 Å². The van der Waals surface area contributed by atoms with Gasteiger partial charge >= 0.3 is 0 Å². The number of hydrogen-bond donors (Lipinski definition) is 2. The van der Waals surface area contributed by atoms with Crippen LogP contribution in [0.3, 0.4) is 0 Å². The molecule has 0 bridgehead atoms. The number of carbonyl (C=O) groups excluding carboxylic acids is 1. The fourth-order valence-corrected chi connectivity index (χ4v) is 2.41. The second-order valence-electron chi connectivity index (χ2n) is 5.88. The number of anilines is 3. The molecule has 8 nitrogen and oxygen atoms in total. The molecular formula is C20H21N5O3. The predicted octanol–water partition coefficient (Wildman–Crippen LogP) is 3.32. The monoisotopic (exact) mass is 379 g/mol. The second-order valence-corrected chi connectivity index (χ2v) is 5.88. The van der Waals surface area contributed by atoms with E-state index in [9.17, 15) is 4.79 Å². The van der Waals surface area contributed by atoms with E-state index in [4.69, 9.17) is 9.47 Å². The highest BCUT2D eigenvalue weighted by molar-refractivity contribution is 5.95. The number of aromatic nitrogens is 3. The van der Waals surface area contributed by atoms with Crippen LogP contribution in [-0.2, 0) is 0 Å². The molecule has 0 unspecified atom stereocenters. The van der Waals surface area contributed by atoms with Crippen molar-refractivity contribution in [3.63, 3.8) is 0 Å². The maximum atomic E-state index is 11.5. The lowest BCUT2D eigenvalue weighted by Crippen LogP contribution is -2.13. The van der Waals surface area contributed by atoms with Crippen molar-refractivity contribution in [3.05, 3.63) is 60.3 Å². The molecule has 0 amide bonds. The molecule has 0 atom stereocenters. The third kappa shape index (κ3) is 5.41. The molecular weight excluding hydrogens is 358 g/mol. The lowest BCUT2D eigenvalue weighted by Gasteiger charge is -2.09. The van der Waals surface area contributed by atoms with Crippen LogP contribution in [0, 0.1) is 0 Å². The van der Waals surface area contributed by atoms with Crippen molar-refractivity contribution in [2.45, 2.75) is 6.92 Å². The number of hydrogen-bond acceptors (Lipinski definition) is 8. The maximum absolute atomic E-state index is 11.5. The van der Waals surface area contributed by atoms with Crippen LogP contribution in [0.2, 0.25) is 0 Å². The molecule has 0 aliphatic carbocycles. The molecule has 0 saturated carbocycles. The molecule has 0 fully saturated rings. The van der Waals surface area contributed by atoms with Crippen LogP contribution in [0.4, 0.5) is 17.5 Å². The number of methoxy groups -OCH3 is 1. The molecule has 0 aliphatic rings. The van der Waals surface area contributed by atoms with E-state index in [-0.39, 0.29) is 5.78 Å². The molecule has 0 aliphatic heterocycles. The number of nitrogens with zero attached hydrogens (tertiary/aromatic N) is 3. The van der Waals surface area contributed by atoms with E-state index in [0.717, 1.165) is 17.2 Å². The molecule has 2 aromatic carbocycles. The fourth-order valence-electron chi connectivity index (χ4n) is 2.41. The highest BCUT2D eigenvalue weighted by Gasteiger charge is 2.04. The highest BCUT2D eigenvalue weighted by Crippen LogP contribution is 2.17. The van der Waals surface area contributed by atoms with Crippen molar-refractivity contribution in [1.29, 1.82) is 0 Å². The Hall–Kier alpha value is -3.68. The van der Waals surface area contributed by atoms with Gasteiger partial charge in [-0.2, -0.15) is 10.1 Å². The molecule has 0 saturated heterocycles. The van der Waals surface area contributed by atoms with E-state index in [1.54, 1.807) is 25.3 Å². The van der Waals surface area contributed by atoms with Crippen LogP contribution in [0.5, 0.6) is 11.5 Å². The van der Waals surface area contributed by atoms with Gasteiger partial charge in [-0.25, -0.2) is 0 Å². The lowest BCUT2D eigenvalue weighted by atomic mass is 10.1. The zero-order valence-corrected chi connectivity index (χ0v) is 15.7. The van der Waals surface area contributed by atoms with Gasteiger partial charge in [-0.15, -0.1) is 5.10 Å². The molecule has 1 heterocycles. The summed E-state index contributed by atoms with van der Waals surface area (Å²) in [5.74, 6) is 2.44. The molecule has 28 heavy (non-hydrogen) atoms. The highest BCUT2D eigenvalue weighted by atomic mass is 16.5. The number of carbonyl (C=O) groups is 1. The van der Waals surface area contributed by atoms with Gasteiger partial charge in [0.15, 0.2) is 11.6 Å². The summed E-state index contributed by atoms with van der Waals surface area (Å²) in [5.41, 5.74) is 1.33. The maximum Gasteiger partial charge on any atom is 0.249 e. The quantitative estimate of drug-likeness (QED) is 0.432. The average molecular weight is 379 g/mol. The van der Waals surface area contributed by atoms with E-state index < -0.39 is 0 Å². The van der Waals surface area contributed by atoms with Crippen LogP contribution < -0.4 is 20.1 Å². The summed E-state index contributed by atoms with van der Waals surface area (Å²) in [6, 6.07) is 14.5. The van der Waals surface area contributed by atoms with Gasteiger partial charge in [0.25, 0.3) is 0 Å². The summed E-state index contributed by atoms with van der Waals surface area (Å²) in [4.78, 5) is 15.8. The third-order valence-electron chi connectivity index (χ3n) is 3.82. The van der Waals surface area contributed by atoms with E-state index in [1.807, 2.05) is 30.3 Å². The smallest absolute Gasteiger partial charge is 0.249 e. The number of ether oxygens (including phenoxy) is 2. The van der Waals surface area contributed by atoms with Gasteiger partial charge in [0.05, 0.1) is 19.9 Å². The van der Waals surface area contributed by atoms with Crippen LogP contribution in [0.25, 0.3) is 0 Å². The van der Waals surface area contributed by atoms with Crippen molar-refractivity contribution in [1.82, 2.24) is 15.2 Å². The van der Waals surface area contributed by atoms with Gasteiger partial charge in [0.2, 0.25) is 5.95 Å². The van der Waals surface area contributed by atoms with E-state index in [2.05, 4.69) is 25.8 Å². The number of rotatable bonds is 9. The number of benzene rings is 2. The number of ketones is 1. The molecule has 0 radical (unpaired) electrons. The van der Waals surface area contributed by atoms with Gasteiger partial charge < -0.3 is 20.1 Å². The minimum Gasteiger partial charge on any atom is -0.497 e. The Bertz CT molecular complexity index is 931. The standard InChI is InChI=1S/C20H21N5O3/c1-14(26)15-4-3-5-16(12-15)23-20-24-19(13-22-25-20)21-10-11-28-18-8-6-17(27-2)7-9-18/h3-9,12-13H,10-11H2,1-2H3,(H2,21,23,24,25). The van der Waals surface area contributed by atoms with Gasteiger partial charge in [-0.1, -0.05) is 12.1 Å². The van der Waals surface area contributed by atoms with Gasteiger partial charge in [-0.3, -0.25) is 4.79 Å². The van der Waals surface area contributed by atoms with Crippen molar-refractivity contribution < 1.29 is 14.3 Å². The third-order valence-corrected chi connectivity index (χ3v) is 3.82. The van der Waals surface area contributed by atoms with Crippen LogP contribution >= 0.6 is 0 Å². The van der Waals surface area contributed by atoms with Gasteiger partial charge in [0.1, 0.15) is 18.1 Å². The molecule has 3 aromatic rings.